The summed E-state index contributed by atoms with van der Waals surface area (Å²) in [5, 5.41) is 23.2. The van der Waals surface area contributed by atoms with Crippen molar-refractivity contribution in [2.24, 2.45) is 10.2 Å². The van der Waals surface area contributed by atoms with E-state index in [4.69, 9.17) is 0 Å². The molecule has 1 fully saturated rings. The van der Waals surface area contributed by atoms with Gasteiger partial charge in [-0.05, 0) is 37.1 Å². The van der Waals surface area contributed by atoms with Gasteiger partial charge in [0.1, 0.15) is 17.9 Å². The lowest BCUT2D eigenvalue weighted by Gasteiger charge is -2.29. The molecule has 2 aliphatic heterocycles. The standard InChI is InChI=1S/C23H28N6O.C3H8/c1-3-16-11-21(27-28-23(12-16)29-9-7-24-8-10-29)19-6-5-17(13-22(19)30)20-14-18(4-2)25-15-26-20;1-3-2/h5-6,11,13-15,24,30H,3-4,7-10,12H2,1-2H3;3H2,1-2H3. The predicted octanol–water partition coefficient (Wildman–Crippen LogP) is 4.58. The molecule has 0 bridgehead atoms. The first kappa shape index (κ1) is 24.6. The van der Waals surface area contributed by atoms with Crippen LogP contribution in [0.5, 0.6) is 5.75 Å². The number of benzene rings is 1. The maximum Gasteiger partial charge on any atom is 0.131 e. The highest BCUT2D eigenvalue weighted by molar-refractivity contribution is 6.12. The van der Waals surface area contributed by atoms with Crippen molar-refractivity contribution in [2.45, 2.75) is 53.4 Å². The number of nitrogens with zero attached hydrogens (tertiary/aromatic N) is 5. The van der Waals surface area contributed by atoms with E-state index in [1.165, 1.54) is 12.0 Å². The minimum absolute atomic E-state index is 0.176. The predicted molar refractivity (Wildman–Crippen MR) is 136 cm³/mol. The Bertz CT molecular complexity index is 1020. The van der Waals surface area contributed by atoms with E-state index in [-0.39, 0.29) is 5.75 Å². The van der Waals surface area contributed by atoms with Crippen molar-refractivity contribution >= 4 is 11.5 Å². The van der Waals surface area contributed by atoms with E-state index in [1.807, 2.05) is 18.2 Å². The van der Waals surface area contributed by atoms with Crippen LogP contribution in [0.2, 0.25) is 0 Å². The Morgan fingerprint density at radius 3 is 2.39 bits per heavy atom. The molecule has 0 aliphatic carbocycles. The molecule has 1 saturated heterocycles. The number of allylic oxidation sites excluding steroid dienone is 1. The van der Waals surface area contributed by atoms with Gasteiger partial charge in [0.25, 0.3) is 0 Å². The van der Waals surface area contributed by atoms with Crippen molar-refractivity contribution in [3.05, 3.63) is 53.5 Å². The Labute approximate surface area is 197 Å². The lowest BCUT2D eigenvalue weighted by Crippen LogP contribution is -2.46. The Balaban J connectivity index is 0.000000968. The first-order valence-electron chi connectivity index (χ1n) is 12.0. The minimum Gasteiger partial charge on any atom is -0.507 e. The average molecular weight is 449 g/mol. The average Bonchev–Trinajstić information content (AvgIpc) is 3.08. The molecule has 2 aliphatic rings. The number of amidine groups is 1. The summed E-state index contributed by atoms with van der Waals surface area (Å²) in [6.07, 6.45) is 7.44. The summed E-state index contributed by atoms with van der Waals surface area (Å²) in [6.45, 7) is 12.3. The number of aromatic hydroxyl groups is 1. The van der Waals surface area contributed by atoms with Crippen LogP contribution in [0.25, 0.3) is 11.3 Å². The van der Waals surface area contributed by atoms with E-state index in [0.29, 0.717) is 11.3 Å². The number of nitrogens with one attached hydrogen (secondary N) is 1. The van der Waals surface area contributed by atoms with Crippen LogP contribution in [-0.4, -0.2) is 57.7 Å². The van der Waals surface area contributed by atoms with E-state index in [0.717, 1.165) is 68.2 Å². The van der Waals surface area contributed by atoms with Gasteiger partial charge in [0.15, 0.2) is 0 Å². The van der Waals surface area contributed by atoms with Crippen LogP contribution in [0.3, 0.4) is 0 Å². The first-order valence-corrected chi connectivity index (χ1v) is 12.0. The number of hydrogen-bond donors (Lipinski definition) is 2. The molecule has 2 aromatic rings. The van der Waals surface area contributed by atoms with E-state index < -0.39 is 0 Å². The molecule has 0 saturated carbocycles. The van der Waals surface area contributed by atoms with Gasteiger partial charge in [0.05, 0.1) is 11.4 Å². The molecular formula is C26H36N6O. The topological polar surface area (TPSA) is 86.0 Å². The monoisotopic (exact) mass is 448 g/mol. The summed E-state index contributed by atoms with van der Waals surface area (Å²) < 4.78 is 0. The molecule has 176 valence electrons. The Kier molecular flexibility index (Phi) is 9.13. The molecular weight excluding hydrogens is 412 g/mol. The molecule has 0 atom stereocenters. The summed E-state index contributed by atoms with van der Waals surface area (Å²) >= 11 is 0. The third-order valence-electron chi connectivity index (χ3n) is 5.59. The van der Waals surface area contributed by atoms with Crippen LogP contribution in [-0.2, 0) is 6.42 Å². The number of phenols is 1. The Morgan fingerprint density at radius 2 is 1.73 bits per heavy atom. The second-order valence-electron chi connectivity index (χ2n) is 8.26. The number of phenolic OH excluding ortho intramolecular Hbond substituents is 1. The van der Waals surface area contributed by atoms with E-state index in [2.05, 4.69) is 64.2 Å². The maximum atomic E-state index is 10.8. The summed E-state index contributed by atoms with van der Waals surface area (Å²) in [7, 11) is 0. The fraction of sp³-hybridized carbons (Fsp3) is 0.462. The molecule has 0 spiro atoms. The van der Waals surface area contributed by atoms with Gasteiger partial charge in [0, 0.05) is 49.4 Å². The van der Waals surface area contributed by atoms with Crippen molar-refractivity contribution in [3.63, 3.8) is 0 Å². The fourth-order valence-corrected chi connectivity index (χ4v) is 3.74. The molecule has 0 amide bonds. The summed E-state index contributed by atoms with van der Waals surface area (Å²) in [4.78, 5) is 10.9. The van der Waals surface area contributed by atoms with Crippen molar-refractivity contribution in [2.75, 3.05) is 26.2 Å². The molecule has 1 aromatic heterocycles. The van der Waals surface area contributed by atoms with Gasteiger partial charge >= 0.3 is 0 Å². The molecule has 7 heteroatoms. The van der Waals surface area contributed by atoms with Crippen LogP contribution in [0.1, 0.15) is 58.2 Å². The van der Waals surface area contributed by atoms with Gasteiger partial charge in [0.2, 0.25) is 0 Å². The highest BCUT2D eigenvalue weighted by atomic mass is 16.3. The fourth-order valence-electron chi connectivity index (χ4n) is 3.74. The highest BCUT2D eigenvalue weighted by Gasteiger charge is 2.19. The van der Waals surface area contributed by atoms with Gasteiger partial charge in [-0.25, -0.2) is 9.97 Å². The van der Waals surface area contributed by atoms with Crippen LogP contribution < -0.4 is 5.32 Å². The third kappa shape index (κ3) is 6.48. The zero-order chi connectivity index (χ0) is 23.6. The van der Waals surface area contributed by atoms with Gasteiger partial charge in [-0.15, -0.1) is 10.2 Å². The SMILES string of the molecule is CCC.CCC1=CC(c2ccc(-c3cc(CC)ncn3)cc2O)=NN=C(N2CCNCC2)C1. The molecule has 0 radical (unpaired) electrons. The molecule has 7 nitrogen and oxygen atoms in total. The lowest BCUT2D eigenvalue weighted by molar-refractivity contribution is 0.352. The largest absolute Gasteiger partial charge is 0.507 e. The summed E-state index contributed by atoms with van der Waals surface area (Å²) in [6, 6.07) is 7.55. The van der Waals surface area contributed by atoms with Crippen molar-refractivity contribution in [1.29, 1.82) is 0 Å². The van der Waals surface area contributed by atoms with E-state index >= 15 is 0 Å². The number of piperazine rings is 1. The van der Waals surface area contributed by atoms with Crippen LogP contribution in [0, 0.1) is 0 Å². The second kappa shape index (κ2) is 12.3. The highest BCUT2D eigenvalue weighted by Crippen LogP contribution is 2.28. The summed E-state index contributed by atoms with van der Waals surface area (Å²) in [5.74, 6) is 1.18. The minimum atomic E-state index is 0.176. The van der Waals surface area contributed by atoms with Gasteiger partial charge in [-0.3, -0.25) is 0 Å². The molecule has 2 N–H and O–H groups in total. The van der Waals surface area contributed by atoms with Crippen LogP contribution in [0.4, 0.5) is 0 Å². The Morgan fingerprint density at radius 1 is 0.970 bits per heavy atom. The van der Waals surface area contributed by atoms with Crippen LogP contribution in [0.15, 0.2) is 52.4 Å². The van der Waals surface area contributed by atoms with E-state index in [1.54, 1.807) is 12.4 Å². The zero-order valence-electron chi connectivity index (χ0n) is 20.3. The zero-order valence-corrected chi connectivity index (χ0v) is 20.3. The summed E-state index contributed by atoms with van der Waals surface area (Å²) in [5.41, 5.74) is 5.26. The molecule has 4 rings (SSSR count). The maximum absolute atomic E-state index is 10.8. The van der Waals surface area contributed by atoms with Gasteiger partial charge in [-0.1, -0.05) is 45.8 Å². The molecule has 1 aromatic carbocycles. The quantitative estimate of drug-likeness (QED) is 0.715. The van der Waals surface area contributed by atoms with Gasteiger partial charge in [-0.2, -0.15) is 0 Å². The van der Waals surface area contributed by atoms with Crippen molar-refractivity contribution < 1.29 is 5.11 Å². The van der Waals surface area contributed by atoms with Crippen molar-refractivity contribution in [3.8, 4) is 17.0 Å². The molecule has 0 unspecified atom stereocenters. The van der Waals surface area contributed by atoms with E-state index in [9.17, 15) is 5.11 Å². The smallest absolute Gasteiger partial charge is 0.131 e. The van der Waals surface area contributed by atoms with Crippen molar-refractivity contribution in [1.82, 2.24) is 20.2 Å². The first-order chi connectivity index (χ1) is 16.1. The third-order valence-corrected chi connectivity index (χ3v) is 5.59. The number of hydrogen-bond acceptors (Lipinski definition) is 7. The lowest BCUT2D eigenvalue weighted by atomic mass is 10.00. The normalized spacial score (nSPS) is 16.1. The van der Waals surface area contributed by atoms with Gasteiger partial charge < -0.3 is 15.3 Å². The number of rotatable bonds is 4. The number of aromatic nitrogens is 2. The molecule has 33 heavy (non-hydrogen) atoms. The van der Waals surface area contributed by atoms with Crippen LogP contribution >= 0.6 is 0 Å². The Hall–Kier alpha value is -3.06. The number of aryl methyl sites for hydroxylation is 1. The second-order valence-corrected chi connectivity index (χ2v) is 8.26. The molecule has 3 heterocycles.